The first-order chi connectivity index (χ1) is 23.8. The van der Waals surface area contributed by atoms with Gasteiger partial charge >= 0.3 is 0 Å². The summed E-state index contributed by atoms with van der Waals surface area (Å²) >= 11 is 5.43. The smallest absolute Gasteiger partial charge is 0.0652 e. The fourth-order valence-electron chi connectivity index (χ4n) is 8.64. The van der Waals surface area contributed by atoms with Crippen molar-refractivity contribution in [1.82, 2.24) is 9.97 Å². The second-order valence-electron chi connectivity index (χ2n) is 12.7. The molecule has 0 amide bonds. The first-order valence-corrected chi connectivity index (χ1v) is 18.7. The molecule has 0 aliphatic carbocycles. The second kappa shape index (κ2) is 8.94. The molecule has 0 spiro atoms. The lowest BCUT2D eigenvalue weighted by atomic mass is 9.80. The molecule has 0 unspecified atom stereocenters. The Bertz CT molecular complexity index is 3230. The Hall–Kier alpha value is -5.40. The van der Waals surface area contributed by atoms with Crippen LogP contribution in [0, 0.1) is 0 Å². The van der Waals surface area contributed by atoms with Crippen LogP contribution in [0.2, 0.25) is 0 Å². The van der Waals surface area contributed by atoms with Crippen molar-refractivity contribution in [1.29, 1.82) is 0 Å². The van der Waals surface area contributed by atoms with Crippen LogP contribution in [0.3, 0.4) is 0 Å². The fourth-order valence-corrected chi connectivity index (χ4v) is 11.3. The SMILES string of the molecule is C=C1Nc2ccccc2-c2c(c3c4c5ccccc5[nH]c4c4sccc4c3c3c2c2ccsc2c2[nH]c4ccccc4c23)-c2ccsc21. The number of H-pyrrole nitrogens is 2. The second-order valence-corrected chi connectivity index (χ2v) is 15.5. The van der Waals surface area contributed by atoms with Crippen molar-refractivity contribution in [3.63, 3.8) is 0 Å². The molecule has 12 rings (SSSR count). The van der Waals surface area contributed by atoms with Gasteiger partial charge in [-0.05, 0) is 52.5 Å². The highest BCUT2D eigenvalue weighted by Crippen LogP contribution is 2.58. The Labute approximate surface area is 285 Å². The summed E-state index contributed by atoms with van der Waals surface area (Å²) in [5.74, 6) is 0. The summed E-state index contributed by atoms with van der Waals surface area (Å²) in [6.45, 7) is 4.59. The zero-order valence-corrected chi connectivity index (χ0v) is 27.8. The van der Waals surface area contributed by atoms with Crippen LogP contribution in [0.4, 0.5) is 5.69 Å². The highest BCUT2D eigenvalue weighted by atomic mass is 32.1. The Kier molecular flexibility index (Phi) is 4.78. The maximum Gasteiger partial charge on any atom is 0.0652 e. The van der Waals surface area contributed by atoms with E-state index in [0.717, 1.165) is 16.9 Å². The molecule has 6 heterocycles. The molecule has 0 atom stereocenters. The van der Waals surface area contributed by atoms with E-state index in [2.05, 4.69) is 129 Å². The molecule has 224 valence electrons. The molecule has 5 aromatic heterocycles. The lowest BCUT2D eigenvalue weighted by molar-refractivity contribution is 1.56. The van der Waals surface area contributed by atoms with E-state index in [1.807, 2.05) is 22.7 Å². The summed E-state index contributed by atoms with van der Waals surface area (Å²) < 4.78 is 2.60. The molecule has 6 aromatic carbocycles. The molecule has 1 aliphatic heterocycles. The number of anilines is 1. The molecule has 3 N–H and O–H groups in total. The number of benzene rings is 6. The quantitative estimate of drug-likeness (QED) is 0.139. The Morgan fingerprint density at radius 2 is 1.04 bits per heavy atom. The Balaban J connectivity index is 1.55. The number of aromatic amines is 2. The molecular weight excluding hydrogens is 643 g/mol. The van der Waals surface area contributed by atoms with Gasteiger partial charge < -0.3 is 15.3 Å². The van der Waals surface area contributed by atoms with Crippen LogP contribution in [-0.2, 0) is 0 Å². The van der Waals surface area contributed by atoms with Gasteiger partial charge in [-0.3, -0.25) is 0 Å². The van der Waals surface area contributed by atoms with Crippen molar-refractivity contribution < 1.29 is 0 Å². The minimum atomic E-state index is 0.936. The van der Waals surface area contributed by atoms with Gasteiger partial charge in [-0.25, -0.2) is 0 Å². The van der Waals surface area contributed by atoms with E-state index >= 15 is 0 Å². The number of hydrogen-bond acceptors (Lipinski definition) is 4. The van der Waals surface area contributed by atoms with Crippen LogP contribution in [-0.4, -0.2) is 9.97 Å². The molecule has 3 nitrogen and oxygen atoms in total. The molecule has 1 aliphatic rings. The number of hydrogen-bond donors (Lipinski definition) is 3. The van der Waals surface area contributed by atoms with E-state index in [-0.39, 0.29) is 0 Å². The van der Waals surface area contributed by atoms with E-state index in [1.165, 1.54) is 107 Å². The van der Waals surface area contributed by atoms with Crippen LogP contribution in [0.1, 0.15) is 4.88 Å². The van der Waals surface area contributed by atoms with Crippen molar-refractivity contribution in [3.05, 3.63) is 119 Å². The van der Waals surface area contributed by atoms with Crippen molar-refractivity contribution in [2.45, 2.75) is 0 Å². The van der Waals surface area contributed by atoms with E-state index in [4.69, 9.17) is 0 Å². The van der Waals surface area contributed by atoms with E-state index < -0.39 is 0 Å². The van der Waals surface area contributed by atoms with Gasteiger partial charge in [0.05, 0.1) is 25.3 Å². The van der Waals surface area contributed by atoms with Gasteiger partial charge in [-0.1, -0.05) is 61.2 Å². The van der Waals surface area contributed by atoms with Gasteiger partial charge in [0.2, 0.25) is 0 Å². The lowest BCUT2D eigenvalue weighted by Crippen LogP contribution is -2.04. The molecule has 6 heteroatoms. The average molecular weight is 666 g/mol. The average Bonchev–Trinajstić information content (AvgIpc) is 3.95. The molecule has 48 heavy (non-hydrogen) atoms. The van der Waals surface area contributed by atoms with Gasteiger partial charge in [0, 0.05) is 98.5 Å². The predicted octanol–water partition coefficient (Wildman–Crippen LogP) is 13.5. The minimum absolute atomic E-state index is 0.936. The first kappa shape index (κ1) is 25.7. The number of para-hydroxylation sites is 3. The molecular formula is C42H23N3S3. The molecule has 0 saturated carbocycles. The maximum absolute atomic E-state index is 4.59. The van der Waals surface area contributed by atoms with E-state index in [9.17, 15) is 0 Å². The highest BCUT2D eigenvalue weighted by Gasteiger charge is 2.31. The molecule has 11 aromatic rings. The third-order valence-corrected chi connectivity index (χ3v) is 13.3. The zero-order valence-electron chi connectivity index (χ0n) is 25.3. The minimum Gasteiger partial charge on any atom is -0.354 e. The Morgan fingerprint density at radius 3 is 1.77 bits per heavy atom. The van der Waals surface area contributed by atoms with Crippen LogP contribution in [0.15, 0.2) is 114 Å². The van der Waals surface area contributed by atoms with Crippen LogP contribution < -0.4 is 5.32 Å². The lowest BCUT2D eigenvalue weighted by Gasteiger charge is -2.26. The summed E-state index contributed by atoms with van der Waals surface area (Å²) in [6, 6.07) is 33.5. The van der Waals surface area contributed by atoms with Gasteiger partial charge in [0.25, 0.3) is 0 Å². The summed E-state index contributed by atoms with van der Waals surface area (Å²) in [7, 11) is 0. The topological polar surface area (TPSA) is 43.6 Å². The van der Waals surface area contributed by atoms with Crippen molar-refractivity contribution in [2.75, 3.05) is 5.32 Å². The molecule has 0 fully saturated rings. The number of nitrogens with one attached hydrogen (secondary N) is 3. The van der Waals surface area contributed by atoms with Crippen molar-refractivity contribution in [2.24, 2.45) is 0 Å². The monoisotopic (exact) mass is 665 g/mol. The van der Waals surface area contributed by atoms with Gasteiger partial charge in [0.1, 0.15) is 0 Å². The van der Waals surface area contributed by atoms with Gasteiger partial charge in [0.15, 0.2) is 0 Å². The largest absolute Gasteiger partial charge is 0.354 e. The number of thiophene rings is 3. The molecule has 0 radical (unpaired) electrons. The maximum atomic E-state index is 4.59. The predicted molar refractivity (Wildman–Crippen MR) is 212 cm³/mol. The number of rotatable bonds is 0. The standard InChI is InChI=1S/C42H23N3S3/c1-20-40-24(14-17-46-40)31-30(21-8-2-5-11-27(21)43-20)32-25-15-18-47-41(25)38-35(23-10-4-7-13-29(23)44-38)37(32)33-26-16-19-48-42(26)39-34(36(31)33)22-9-3-6-12-28(22)45-39/h2-19,43-45H,1H2. The highest BCUT2D eigenvalue weighted by molar-refractivity contribution is 7.19. The molecule has 0 bridgehead atoms. The summed E-state index contributed by atoms with van der Waals surface area (Å²) in [6.07, 6.45) is 0. The van der Waals surface area contributed by atoms with E-state index in [1.54, 1.807) is 11.3 Å². The third-order valence-electron chi connectivity index (χ3n) is 10.4. The summed E-state index contributed by atoms with van der Waals surface area (Å²) in [5.41, 5.74) is 11.8. The normalized spacial score (nSPS) is 13.2. The first-order valence-electron chi connectivity index (χ1n) is 16.0. The van der Waals surface area contributed by atoms with Crippen LogP contribution >= 0.6 is 34.0 Å². The van der Waals surface area contributed by atoms with Crippen molar-refractivity contribution in [3.8, 4) is 22.3 Å². The summed E-state index contributed by atoms with van der Waals surface area (Å²) in [5, 5.41) is 23.5. The van der Waals surface area contributed by atoms with Crippen molar-refractivity contribution >= 4 is 131 Å². The Morgan fingerprint density at radius 1 is 0.458 bits per heavy atom. The zero-order chi connectivity index (χ0) is 31.2. The number of aromatic nitrogens is 2. The van der Waals surface area contributed by atoms with Crippen LogP contribution in [0.25, 0.3) is 113 Å². The third kappa shape index (κ3) is 3.00. The summed E-state index contributed by atoms with van der Waals surface area (Å²) in [4.78, 5) is 8.96. The van der Waals surface area contributed by atoms with Crippen LogP contribution in [0.5, 0.6) is 0 Å². The molecule has 0 saturated heterocycles. The number of fused-ring (bicyclic) bond motifs is 24. The van der Waals surface area contributed by atoms with E-state index in [0.29, 0.717) is 0 Å². The fraction of sp³-hybridized carbons (Fsp3) is 0. The van der Waals surface area contributed by atoms with Gasteiger partial charge in [-0.15, -0.1) is 34.0 Å². The van der Waals surface area contributed by atoms with Gasteiger partial charge in [-0.2, -0.15) is 0 Å².